The molecule has 1 saturated carbocycles. The number of carbonyl (C=O) groups is 2. The number of nitrogens with zero attached hydrogens (tertiary/aromatic N) is 1. The van der Waals surface area contributed by atoms with Gasteiger partial charge in [-0.3, -0.25) is 14.9 Å². The number of hydrogen-bond acceptors (Lipinski definition) is 4. The molecule has 1 unspecified atom stereocenters. The smallest absolute Gasteiger partial charge is 0.249 e. The van der Waals surface area contributed by atoms with Crippen LogP contribution in [-0.4, -0.2) is 30.4 Å². The molecule has 2 aliphatic rings. The van der Waals surface area contributed by atoms with Crippen molar-refractivity contribution >= 4 is 17.5 Å². The van der Waals surface area contributed by atoms with E-state index >= 15 is 0 Å². The summed E-state index contributed by atoms with van der Waals surface area (Å²) in [7, 11) is 0. The molecule has 1 heterocycles. The monoisotopic (exact) mass is 287 g/mol. The third-order valence-electron chi connectivity index (χ3n) is 4.08. The van der Waals surface area contributed by atoms with Crippen LogP contribution in [0.15, 0.2) is 24.3 Å². The quantitative estimate of drug-likeness (QED) is 0.798. The summed E-state index contributed by atoms with van der Waals surface area (Å²) in [6.45, 7) is 3.08. The minimum absolute atomic E-state index is 0.201. The molecule has 0 aromatic heterocycles. The number of benzene rings is 1. The molecule has 1 aliphatic carbocycles. The fourth-order valence-electron chi connectivity index (χ4n) is 2.70. The Bertz CT molecular complexity index is 537. The van der Waals surface area contributed by atoms with E-state index in [2.05, 4.69) is 22.8 Å². The molecule has 1 aliphatic heterocycles. The Kier molecular flexibility index (Phi) is 3.92. The maximum atomic E-state index is 11.9. The first kappa shape index (κ1) is 14.1. The van der Waals surface area contributed by atoms with Crippen molar-refractivity contribution in [3.05, 3.63) is 29.8 Å². The summed E-state index contributed by atoms with van der Waals surface area (Å²) < 4.78 is 0. The van der Waals surface area contributed by atoms with E-state index in [1.807, 2.05) is 24.0 Å². The predicted octanol–water partition coefficient (Wildman–Crippen LogP) is 1.18. The van der Waals surface area contributed by atoms with E-state index in [1.54, 1.807) is 0 Å². The minimum Gasteiger partial charge on any atom is -0.350 e. The summed E-state index contributed by atoms with van der Waals surface area (Å²) in [5.41, 5.74) is 2.16. The number of amides is 2. The van der Waals surface area contributed by atoms with Gasteiger partial charge in [-0.25, -0.2) is 0 Å². The Morgan fingerprint density at radius 1 is 1.24 bits per heavy atom. The van der Waals surface area contributed by atoms with Crippen LogP contribution in [-0.2, 0) is 16.1 Å². The van der Waals surface area contributed by atoms with Gasteiger partial charge in [0, 0.05) is 18.3 Å². The van der Waals surface area contributed by atoms with Crippen molar-refractivity contribution in [2.45, 2.75) is 44.8 Å². The molecule has 3 rings (SSSR count). The molecule has 2 fully saturated rings. The average molecular weight is 287 g/mol. The van der Waals surface area contributed by atoms with E-state index in [0.29, 0.717) is 12.5 Å². The van der Waals surface area contributed by atoms with Crippen LogP contribution in [0.1, 0.15) is 31.7 Å². The van der Waals surface area contributed by atoms with E-state index in [1.165, 1.54) is 18.4 Å². The topological polar surface area (TPSA) is 61.4 Å². The van der Waals surface area contributed by atoms with E-state index in [-0.39, 0.29) is 24.4 Å². The Labute approximate surface area is 124 Å². The second-order valence-electron chi connectivity index (χ2n) is 5.79. The van der Waals surface area contributed by atoms with Crippen LogP contribution in [0.25, 0.3) is 0 Å². The number of rotatable bonds is 5. The lowest BCUT2D eigenvalue weighted by Crippen LogP contribution is -2.58. The lowest BCUT2D eigenvalue weighted by atomic mass is 10.1. The Hall–Kier alpha value is -1.88. The third kappa shape index (κ3) is 3.24. The Morgan fingerprint density at radius 2 is 1.95 bits per heavy atom. The fourth-order valence-corrected chi connectivity index (χ4v) is 2.70. The van der Waals surface area contributed by atoms with Gasteiger partial charge in [0.25, 0.3) is 0 Å². The summed E-state index contributed by atoms with van der Waals surface area (Å²) >= 11 is 0. The van der Waals surface area contributed by atoms with Crippen LogP contribution < -0.4 is 15.5 Å². The number of piperazine rings is 1. The molecule has 5 heteroatoms. The SMILES string of the molecule is CCC1C(=O)NC(=O)CN1c1ccc(CNC2CC2)cc1. The van der Waals surface area contributed by atoms with Gasteiger partial charge in [-0.15, -0.1) is 0 Å². The summed E-state index contributed by atoms with van der Waals surface area (Å²) in [5, 5.41) is 5.88. The number of nitrogens with one attached hydrogen (secondary N) is 2. The number of carbonyl (C=O) groups excluding carboxylic acids is 2. The van der Waals surface area contributed by atoms with Gasteiger partial charge in [0.2, 0.25) is 11.8 Å². The highest BCUT2D eigenvalue weighted by Gasteiger charge is 2.32. The molecular weight excluding hydrogens is 266 g/mol. The van der Waals surface area contributed by atoms with Gasteiger partial charge in [0.05, 0.1) is 6.54 Å². The molecule has 112 valence electrons. The average Bonchev–Trinajstić information content (AvgIpc) is 3.29. The van der Waals surface area contributed by atoms with Gasteiger partial charge in [-0.1, -0.05) is 19.1 Å². The van der Waals surface area contributed by atoms with Crippen LogP contribution in [0.3, 0.4) is 0 Å². The first-order chi connectivity index (χ1) is 10.2. The van der Waals surface area contributed by atoms with Crippen molar-refractivity contribution in [3.8, 4) is 0 Å². The van der Waals surface area contributed by atoms with E-state index in [4.69, 9.17) is 0 Å². The van der Waals surface area contributed by atoms with Crippen molar-refractivity contribution < 1.29 is 9.59 Å². The van der Waals surface area contributed by atoms with Crippen LogP contribution in [0.4, 0.5) is 5.69 Å². The molecule has 1 aromatic rings. The highest BCUT2D eigenvalue weighted by atomic mass is 16.2. The van der Waals surface area contributed by atoms with Gasteiger partial charge < -0.3 is 10.2 Å². The lowest BCUT2D eigenvalue weighted by molar-refractivity contribution is -0.132. The highest BCUT2D eigenvalue weighted by molar-refractivity contribution is 6.04. The zero-order valence-corrected chi connectivity index (χ0v) is 12.3. The number of hydrogen-bond donors (Lipinski definition) is 2. The van der Waals surface area contributed by atoms with E-state index in [9.17, 15) is 9.59 Å². The molecule has 1 saturated heterocycles. The van der Waals surface area contributed by atoms with Crippen molar-refractivity contribution in [1.82, 2.24) is 10.6 Å². The van der Waals surface area contributed by atoms with Crippen LogP contribution in [0.5, 0.6) is 0 Å². The van der Waals surface area contributed by atoms with Crippen LogP contribution in [0, 0.1) is 0 Å². The second kappa shape index (κ2) is 5.85. The first-order valence-corrected chi connectivity index (χ1v) is 7.60. The van der Waals surface area contributed by atoms with Gasteiger partial charge in [-0.05, 0) is 37.0 Å². The maximum Gasteiger partial charge on any atom is 0.249 e. The largest absolute Gasteiger partial charge is 0.350 e. The van der Waals surface area contributed by atoms with Gasteiger partial charge in [-0.2, -0.15) is 0 Å². The normalized spacial score (nSPS) is 22.3. The summed E-state index contributed by atoms with van der Waals surface area (Å²) in [5.74, 6) is -0.433. The Morgan fingerprint density at radius 3 is 2.57 bits per heavy atom. The number of anilines is 1. The molecular formula is C16H21N3O2. The maximum absolute atomic E-state index is 11.9. The highest BCUT2D eigenvalue weighted by Crippen LogP contribution is 2.22. The van der Waals surface area contributed by atoms with Crippen molar-refractivity contribution in [2.75, 3.05) is 11.4 Å². The summed E-state index contributed by atoms with van der Waals surface area (Å²) in [6, 6.07) is 8.55. The zero-order valence-electron chi connectivity index (χ0n) is 12.3. The minimum atomic E-state index is -0.266. The van der Waals surface area contributed by atoms with Crippen LogP contribution in [0.2, 0.25) is 0 Å². The molecule has 5 nitrogen and oxygen atoms in total. The van der Waals surface area contributed by atoms with E-state index in [0.717, 1.165) is 12.2 Å². The van der Waals surface area contributed by atoms with Gasteiger partial charge >= 0.3 is 0 Å². The van der Waals surface area contributed by atoms with E-state index < -0.39 is 0 Å². The van der Waals surface area contributed by atoms with Gasteiger partial charge in [0.1, 0.15) is 6.04 Å². The lowest BCUT2D eigenvalue weighted by Gasteiger charge is -2.35. The molecule has 0 spiro atoms. The van der Waals surface area contributed by atoms with Crippen molar-refractivity contribution in [1.29, 1.82) is 0 Å². The summed E-state index contributed by atoms with van der Waals surface area (Å²) in [4.78, 5) is 25.4. The van der Waals surface area contributed by atoms with Crippen LogP contribution >= 0.6 is 0 Å². The third-order valence-corrected chi connectivity index (χ3v) is 4.08. The first-order valence-electron chi connectivity index (χ1n) is 7.60. The molecule has 2 N–H and O–H groups in total. The van der Waals surface area contributed by atoms with Gasteiger partial charge in [0.15, 0.2) is 0 Å². The molecule has 0 radical (unpaired) electrons. The standard InChI is InChI=1S/C16H21N3O2/c1-2-14-16(21)18-15(20)10-19(14)13-7-3-11(4-8-13)9-17-12-5-6-12/h3-4,7-8,12,14,17H,2,5-6,9-10H2,1H3,(H,18,20,21). The molecule has 1 atom stereocenters. The molecule has 2 amide bonds. The second-order valence-corrected chi connectivity index (χ2v) is 5.79. The predicted molar refractivity (Wildman–Crippen MR) is 80.9 cm³/mol. The Balaban J connectivity index is 1.71. The summed E-state index contributed by atoms with van der Waals surface area (Å²) in [6.07, 6.45) is 3.24. The molecule has 1 aromatic carbocycles. The number of imide groups is 1. The zero-order chi connectivity index (χ0) is 14.8. The molecule has 0 bridgehead atoms. The van der Waals surface area contributed by atoms with Crippen molar-refractivity contribution in [2.24, 2.45) is 0 Å². The fraction of sp³-hybridized carbons (Fsp3) is 0.500. The van der Waals surface area contributed by atoms with Crippen molar-refractivity contribution in [3.63, 3.8) is 0 Å². The molecule has 21 heavy (non-hydrogen) atoms.